The number of aliphatic hydroxyl groups excluding tert-OH is 1. The van der Waals surface area contributed by atoms with Crippen molar-refractivity contribution in [2.45, 2.75) is 52.6 Å². The fraction of sp³-hybridized carbons (Fsp3) is 0.526. The first-order valence-corrected chi connectivity index (χ1v) is 8.79. The Kier molecular flexibility index (Phi) is 6.31. The molecule has 1 aromatic carbocycles. The maximum Gasteiger partial charge on any atom is 0.274 e. The van der Waals surface area contributed by atoms with Gasteiger partial charge in [-0.25, -0.2) is 4.68 Å². The van der Waals surface area contributed by atoms with E-state index in [0.717, 1.165) is 6.42 Å². The van der Waals surface area contributed by atoms with Crippen molar-refractivity contribution in [1.29, 1.82) is 0 Å². The molecule has 1 aromatic heterocycles. The highest BCUT2D eigenvalue weighted by Crippen LogP contribution is 2.16. The monoisotopic (exact) mass is 345 g/mol. The van der Waals surface area contributed by atoms with Crippen molar-refractivity contribution in [2.24, 2.45) is 5.92 Å². The molecule has 0 saturated heterocycles. The van der Waals surface area contributed by atoms with E-state index in [9.17, 15) is 14.7 Å². The van der Waals surface area contributed by atoms with Gasteiger partial charge in [-0.15, -0.1) is 0 Å². The number of hydrogen-bond acceptors (Lipinski definition) is 4. The molecule has 0 aliphatic carbocycles. The lowest BCUT2D eigenvalue weighted by molar-refractivity contribution is -0.121. The van der Waals surface area contributed by atoms with Crippen LogP contribution in [0.15, 0.2) is 29.1 Å². The lowest BCUT2D eigenvalue weighted by atomic mass is 9.99. The van der Waals surface area contributed by atoms with Gasteiger partial charge in [-0.1, -0.05) is 38.5 Å². The highest BCUT2D eigenvalue weighted by molar-refractivity contribution is 5.88. The van der Waals surface area contributed by atoms with Crippen molar-refractivity contribution >= 4 is 16.7 Å². The highest BCUT2D eigenvalue weighted by atomic mass is 16.3. The van der Waals surface area contributed by atoms with E-state index in [0.29, 0.717) is 16.5 Å². The van der Waals surface area contributed by atoms with Gasteiger partial charge in [0.05, 0.1) is 36.2 Å². The van der Waals surface area contributed by atoms with Crippen LogP contribution < -0.4 is 10.9 Å². The Morgan fingerprint density at radius 2 is 1.88 bits per heavy atom. The van der Waals surface area contributed by atoms with Crippen molar-refractivity contribution in [3.05, 3.63) is 40.3 Å². The van der Waals surface area contributed by atoms with Gasteiger partial charge < -0.3 is 10.4 Å². The molecule has 6 nitrogen and oxygen atoms in total. The normalized spacial score (nSPS) is 13.8. The van der Waals surface area contributed by atoms with Crippen LogP contribution in [0, 0.1) is 5.92 Å². The van der Waals surface area contributed by atoms with Crippen LogP contribution in [0.5, 0.6) is 0 Å². The Bertz CT molecular complexity index is 798. The van der Waals surface area contributed by atoms with E-state index in [2.05, 4.69) is 10.4 Å². The van der Waals surface area contributed by atoms with Crippen LogP contribution in [0.4, 0.5) is 0 Å². The minimum Gasteiger partial charge on any atom is -0.394 e. The number of nitrogens with one attached hydrogen (secondary N) is 1. The minimum absolute atomic E-state index is 0.0699. The molecule has 0 radical (unpaired) electrons. The summed E-state index contributed by atoms with van der Waals surface area (Å²) in [6, 6.07) is 6.84. The zero-order valence-corrected chi connectivity index (χ0v) is 15.3. The van der Waals surface area contributed by atoms with E-state index in [1.807, 2.05) is 45.9 Å². The highest BCUT2D eigenvalue weighted by Gasteiger charge is 2.19. The first-order chi connectivity index (χ1) is 11.9. The van der Waals surface area contributed by atoms with Gasteiger partial charge in [-0.05, 0) is 25.8 Å². The number of nitrogens with zero attached hydrogens (tertiary/aromatic N) is 2. The molecule has 0 spiro atoms. The van der Waals surface area contributed by atoms with E-state index >= 15 is 0 Å². The maximum atomic E-state index is 12.5. The quantitative estimate of drug-likeness (QED) is 0.804. The third-order valence-electron chi connectivity index (χ3n) is 4.60. The largest absolute Gasteiger partial charge is 0.394 e. The molecule has 0 unspecified atom stereocenters. The van der Waals surface area contributed by atoms with Gasteiger partial charge in [0.1, 0.15) is 0 Å². The molecule has 136 valence electrons. The van der Waals surface area contributed by atoms with Crippen molar-refractivity contribution in [1.82, 2.24) is 15.1 Å². The fourth-order valence-corrected chi connectivity index (χ4v) is 2.82. The standard InChI is InChI=1S/C19H27N3O3/c1-5-13(4)17(11-23)20-18(24)10-16-14-8-6-7-9-15(14)19(25)22(21-16)12(2)3/h6-9,12-13,17,23H,5,10-11H2,1-4H3,(H,20,24)/t13-,17-/m0/s1. The van der Waals surface area contributed by atoms with Crippen LogP contribution in [-0.2, 0) is 11.2 Å². The topological polar surface area (TPSA) is 84.2 Å². The van der Waals surface area contributed by atoms with Crippen molar-refractivity contribution in [3.63, 3.8) is 0 Å². The van der Waals surface area contributed by atoms with E-state index in [-0.39, 0.29) is 42.5 Å². The summed E-state index contributed by atoms with van der Waals surface area (Å²) < 4.78 is 1.42. The molecule has 0 bridgehead atoms. The zero-order valence-electron chi connectivity index (χ0n) is 15.3. The van der Waals surface area contributed by atoms with Gasteiger partial charge in [-0.2, -0.15) is 5.10 Å². The molecule has 2 atom stereocenters. The summed E-state index contributed by atoms with van der Waals surface area (Å²) in [5.41, 5.74) is 0.421. The van der Waals surface area contributed by atoms with E-state index in [1.54, 1.807) is 6.07 Å². The lowest BCUT2D eigenvalue weighted by Crippen LogP contribution is -2.42. The molecule has 1 amide bonds. The zero-order chi connectivity index (χ0) is 18.6. The summed E-state index contributed by atoms with van der Waals surface area (Å²) in [4.78, 5) is 25.0. The smallest absolute Gasteiger partial charge is 0.274 e. The Labute approximate surface area is 147 Å². The van der Waals surface area contributed by atoms with Crippen LogP contribution in [0.25, 0.3) is 10.8 Å². The second kappa shape index (κ2) is 8.25. The van der Waals surface area contributed by atoms with Crippen molar-refractivity contribution in [2.75, 3.05) is 6.61 Å². The second-order valence-corrected chi connectivity index (χ2v) is 6.75. The van der Waals surface area contributed by atoms with Crippen LogP contribution >= 0.6 is 0 Å². The Balaban J connectivity index is 2.36. The molecule has 6 heteroatoms. The van der Waals surface area contributed by atoms with Gasteiger partial charge in [-0.3, -0.25) is 9.59 Å². The van der Waals surface area contributed by atoms with Crippen LogP contribution in [0.1, 0.15) is 45.9 Å². The van der Waals surface area contributed by atoms with E-state index in [4.69, 9.17) is 0 Å². The van der Waals surface area contributed by atoms with Gasteiger partial charge in [0.2, 0.25) is 5.91 Å². The summed E-state index contributed by atoms with van der Waals surface area (Å²) in [7, 11) is 0. The molecule has 25 heavy (non-hydrogen) atoms. The summed E-state index contributed by atoms with van der Waals surface area (Å²) in [6.07, 6.45) is 0.936. The summed E-state index contributed by atoms with van der Waals surface area (Å²) in [5, 5.41) is 18.1. The molecular formula is C19H27N3O3. The second-order valence-electron chi connectivity index (χ2n) is 6.75. The number of hydrogen-bond donors (Lipinski definition) is 2. The maximum absolute atomic E-state index is 12.5. The summed E-state index contributed by atoms with van der Waals surface area (Å²) >= 11 is 0. The number of fused-ring (bicyclic) bond motifs is 1. The van der Waals surface area contributed by atoms with E-state index in [1.165, 1.54) is 4.68 Å². The molecule has 2 rings (SSSR count). The van der Waals surface area contributed by atoms with Crippen LogP contribution in [0.3, 0.4) is 0 Å². The number of aliphatic hydroxyl groups is 1. The Hall–Kier alpha value is -2.21. The number of rotatable bonds is 7. The van der Waals surface area contributed by atoms with Gasteiger partial charge in [0.15, 0.2) is 0 Å². The lowest BCUT2D eigenvalue weighted by Gasteiger charge is -2.22. The van der Waals surface area contributed by atoms with E-state index < -0.39 is 0 Å². The first-order valence-electron chi connectivity index (χ1n) is 8.79. The average Bonchev–Trinajstić information content (AvgIpc) is 2.61. The SMILES string of the molecule is CC[C@H](C)[C@H](CO)NC(=O)Cc1nn(C(C)C)c(=O)c2ccccc12. The predicted octanol–water partition coefficient (Wildman–Crippen LogP) is 2.04. The molecular weight excluding hydrogens is 318 g/mol. The molecule has 0 saturated carbocycles. The Morgan fingerprint density at radius 1 is 1.24 bits per heavy atom. The first kappa shape index (κ1) is 19.1. The van der Waals surface area contributed by atoms with Gasteiger partial charge in [0.25, 0.3) is 5.56 Å². The Morgan fingerprint density at radius 3 is 2.44 bits per heavy atom. The molecule has 0 fully saturated rings. The third kappa shape index (κ3) is 4.25. The number of benzene rings is 1. The van der Waals surface area contributed by atoms with Crippen molar-refractivity contribution in [3.8, 4) is 0 Å². The molecule has 0 aliphatic rings. The van der Waals surface area contributed by atoms with Crippen molar-refractivity contribution < 1.29 is 9.90 Å². The molecule has 0 aliphatic heterocycles. The number of carbonyl (C=O) groups is 1. The minimum atomic E-state index is -0.278. The average molecular weight is 345 g/mol. The van der Waals surface area contributed by atoms with Crippen LogP contribution in [0.2, 0.25) is 0 Å². The number of carbonyl (C=O) groups excluding carboxylic acids is 1. The summed E-state index contributed by atoms with van der Waals surface area (Å²) in [6.45, 7) is 7.69. The number of aromatic nitrogens is 2. The predicted molar refractivity (Wildman–Crippen MR) is 98.6 cm³/mol. The molecule has 2 N–H and O–H groups in total. The molecule has 2 aromatic rings. The third-order valence-corrected chi connectivity index (χ3v) is 4.60. The van der Waals surface area contributed by atoms with Gasteiger partial charge >= 0.3 is 0 Å². The fourth-order valence-electron chi connectivity index (χ4n) is 2.82. The number of amides is 1. The van der Waals surface area contributed by atoms with Gasteiger partial charge in [0, 0.05) is 5.39 Å². The molecule has 1 heterocycles. The summed E-state index contributed by atoms with van der Waals surface area (Å²) in [5.74, 6) is -0.0192. The van der Waals surface area contributed by atoms with Crippen LogP contribution in [-0.4, -0.2) is 33.4 Å².